The van der Waals surface area contributed by atoms with Gasteiger partial charge in [0.2, 0.25) is 0 Å². The zero-order valence-corrected chi connectivity index (χ0v) is 8.41. The fourth-order valence-corrected chi connectivity index (χ4v) is 1.39. The van der Waals surface area contributed by atoms with Gasteiger partial charge >= 0.3 is 6.18 Å². The van der Waals surface area contributed by atoms with Crippen molar-refractivity contribution < 1.29 is 17.9 Å². The van der Waals surface area contributed by atoms with Crippen LogP contribution in [0.1, 0.15) is 5.56 Å². The summed E-state index contributed by atoms with van der Waals surface area (Å²) in [6, 6.07) is 3.96. The maximum absolute atomic E-state index is 12.5. The minimum absolute atomic E-state index is 0. The van der Waals surface area contributed by atoms with Gasteiger partial charge in [0.05, 0.1) is 11.3 Å². The summed E-state index contributed by atoms with van der Waals surface area (Å²) in [6.07, 6.45) is -4.36. The molecule has 1 aliphatic rings. The highest BCUT2D eigenvalue weighted by molar-refractivity contribution is 5.85. The molecule has 0 bridgehead atoms. The van der Waals surface area contributed by atoms with Crippen LogP contribution in [0.25, 0.3) is 0 Å². The lowest BCUT2D eigenvalue weighted by atomic mass is 10.1. The van der Waals surface area contributed by atoms with Crippen LogP contribution in [0, 0.1) is 0 Å². The Labute approximate surface area is 90.8 Å². The van der Waals surface area contributed by atoms with Gasteiger partial charge < -0.3 is 10.1 Å². The third-order valence-electron chi connectivity index (χ3n) is 1.98. The maximum atomic E-state index is 12.5. The molecule has 15 heavy (non-hydrogen) atoms. The topological polar surface area (TPSA) is 21.3 Å². The van der Waals surface area contributed by atoms with Crippen LogP contribution in [0.15, 0.2) is 18.2 Å². The van der Waals surface area contributed by atoms with Crippen molar-refractivity contribution in [2.45, 2.75) is 6.18 Å². The van der Waals surface area contributed by atoms with Gasteiger partial charge in [-0.3, -0.25) is 0 Å². The number of para-hydroxylation sites is 1. The largest absolute Gasteiger partial charge is 0.489 e. The summed E-state index contributed by atoms with van der Waals surface area (Å²) in [7, 11) is 0. The Morgan fingerprint density at radius 3 is 2.67 bits per heavy atom. The molecule has 2 nitrogen and oxygen atoms in total. The number of hydrogen-bond donors (Lipinski definition) is 1. The van der Waals surface area contributed by atoms with Gasteiger partial charge in [0.15, 0.2) is 5.75 Å². The Balaban J connectivity index is 0.00000112. The second kappa shape index (κ2) is 4.18. The molecule has 0 atom stereocenters. The molecule has 0 aromatic heterocycles. The highest BCUT2D eigenvalue weighted by Crippen LogP contribution is 2.41. The first-order chi connectivity index (χ1) is 6.59. The first kappa shape index (κ1) is 12.0. The number of benzene rings is 1. The summed E-state index contributed by atoms with van der Waals surface area (Å²) in [4.78, 5) is 0. The number of hydrogen-bond acceptors (Lipinski definition) is 2. The van der Waals surface area contributed by atoms with E-state index >= 15 is 0 Å². The molecule has 0 aliphatic carbocycles. The minimum atomic E-state index is -4.36. The van der Waals surface area contributed by atoms with Crippen LogP contribution in [0.4, 0.5) is 18.9 Å². The third kappa shape index (κ3) is 2.28. The predicted octanol–water partition coefficient (Wildman–Crippen LogP) is 2.93. The number of fused-ring (bicyclic) bond motifs is 1. The van der Waals surface area contributed by atoms with Crippen LogP contribution in [-0.4, -0.2) is 13.2 Å². The zero-order chi connectivity index (χ0) is 10.2. The Morgan fingerprint density at radius 2 is 2.00 bits per heavy atom. The van der Waals surface area contributed by atoms with Gasteiger partial charge in [-0.15, -0.1) is 12.4 Å². The lowest BCUT2D eigenvalue weighted by Gasteiger charge is -2.22. The zero-order valence-electron chi connectivity index (χ0n) is 7.60. The van der Waals surface area contributed by atoms with E-state index in [9.17, 15) is 13.2 Å². The van der Waals surface area contributed by atoms with Gasteiger partial charge in [0, 0.05) is 6.54 Å². The van der Waals surface area contributed by atoms with E-state index in [1.807, 2.05) is 0 Å². The highest BCUT2D eigenvalue weighted by atomic mass is 35.5. The number of rotatable bonds is 0. The van der Waals surface area contributed by atoms with E-state index in [1.165, 1.54) is 6.07 Å². The van der Waals surface area contributed by atoms with Crippen molar-refractivity contribution in [3.63, 3.8) is 0 Å². The number of alkyl halides is 3. The average molecular weight is 240 g/mol. The van der Waals surface area contributed by atoms with Gasteiger partial charge in [-0.25, -0.2) is 0 Å². The quantitative estimate of drug-likeness (QED) is 0.752. The molecule has 0 unspecified atom stereocenters. The molecular weight excluding hydrogens is 231 g/mol. The summed E-state index contributed by atoms with van der Waals surface area (Å²) in [6.45, 7) is 0.800. The van der Waals surface area contributed by atoms with Crippen LogP contribution in [0.5, 0.6) is 5.75 Å². The van der Waals surface area contributed by atoms with E-state index in [4.69, 9.17) is 4.74 Å². The van der Waals surface area contributed by atoms with E-state index in [2.05, 4.69) is 5.32 Å². The molecular formula is C9H9ClF3NO. The lowest BCUT2D eigenvalue weighted by molar-refractivity contribution is -0.138. The summed E-state index contributed by atoms with van der Waals surface area (Å²) >= 11 is 0. The first-order valence-corrected chi connectivity index (χ1v) is 4.16. The van der Waals surface area contributed by atoms with E-state index < -0.39 is 11.7 Å². The van der Waals surface area contributed by atoms with Crippen molar-refractivity contribution in [1.29, 1.82) is 0 Å². The van der Waals surface area contributed by atoms with Gasteiger partial charge in [0.1, 0.15) is 6.61 Å². The molecule has 1 N–H and O–H groups in total. The molecule has 0 amide bonds. The van der Waals surface area contributed by atoms with E-state index in [0.29, 0.717) is 12.2 Å². The van der Waals surface area contributed by atoms with E-state index in [0.717, 1.165) is 6.07 Å². The van der Waals surface area contributed by atoms with Crippen LogP contribution in [-0.2, 0) is 6.18 Å². The fourth-order valence-electron chi connectivity index (χ4n) is 1.39. The molecule has 0 saturated heterocycles. The van der Waals surface area contributed by atoms with Gasteiger partial charge in [0.25, 0.3) is 0 Å². The molecule has 0 spiro atoms. The number of anilines is 1. The monoisotopic (exact) mass is 239 g/mol. The van der Waals surface area contributed by atoms with Crippen LogP contribution in [0.3, 0.4) is 0 Å². The van der Waals surface area contributed by atoms with E-state index in [1.54, 1.807) is 6.07 Å². The lowest BCUT2D eigenvalue weighted by Crippen LogP contribution is -2.21. The first-order valence-electron chi connectivity index (χ1n) is 4.16. The van der Waals surface area contributed by atoms with Crippen molar-refractivity contribution in [2.24, 2.45) is 0 Å². The molecule has 1 aromatic rings. The van der Waals surface area contributed by atoms with Gasteiger partial charge in [-0.2, -0.15) is 13.2 Å². The second-order valence-electron chi connectivity index (χ2n) is 2.96. The van der Waals surface area contributed by atoms with Crippen molar-refractivity contribution in [2.75, 3.05) is 18.5 Å². The minimum Gasteiger partial charge on any atom is -0.489 e. The summed E-state index contributed by atoms with van der Waals surface area (Å²) in [5.74, 6) is -0.0914. The molecule has 1 aromatic carbocycles. The molecule has 1 aliphatic heterocycles. The van der Waals surface area contributed by atoms with Crippen molar-refractivity contribution >= 4 is 18.1 Å². The molecule has 6 heteroatoms. The molecule has 0 radical (unpaired) electrons. The molecule has 84 valence electrons. The highest BCUT2D eigenvalue weighted by Gasteiger charge is 2.35. The van der Waals surface area contributed by atoms with Crippen LogP contribution >= 0.6 is 12.4 Å². The smallest absolute Gasteiger partial charge is 0.420 e. The number of nitrogens with one attached hydrogen (secondary N) is 1. The van der Waals surface area contributed by atoms with E-state index in [-0.39, 0.29) is 24.8 Å². The fraction of sp³-hybridized carbons (Fsp3) is 0.333. The normalized spacial score (nSPS) is 14.3. The van der Waals surface area contributed by atoms with Crippen molar-refractivity contribution in [3.05, 3.63) is 23.8 Å². The molecule has 2 rings (SSSR count). The predicted molar refractivity (Wildman–Crippen MR) is 52.7 cm³/mol. The standard InChI is InChI=1S/C9H8F3NO.ClH/c10-9(11,12)6-2-1-3-7-8(6)14-5-4-13-7;/h1-3,13H,4-5H2;1H. The van der Waals surface area contributed by atoms with Gasteiger partial charge in [-0.05, 0) is 12.1 Å². The summed E-state index contributed by atoms with van der Waals surface area (Å²) < 4.78 is 42.4. The van der Waals surface area contributed by atoms with Crippen LogP contribution < -0.4 is 10.1 Å². The SMILES string of the molecule is Cl.FC(F)(F)c1cccc2c1OCCN2. The summed E-state index contributed by atoms with van der Waals surface area (Å²) in [5.41, 5.74) is -0.312. The Bertz CT molecular complexity index is 354. The molecule has 1 heterocycles. The Morgan fingerprint density at radius 1 is 1.27 bits per heavy atom. The summed E-state index contributed by atoms with van der Waals surface area (Å²) in [5, 5.41) is 2.85. The van der Waals surface area contributed by atoms with Gasteiger partial charge in [-0.1, -0.05) is 6.07 Å². The number of halogens is 4. The van der Waals surface area contributed by atoms with Crippen molar-refractivity contribution in [1.82, 2.24) is 0 Å². The maximum Gasteiger partial charge on any atom is 0.420 e. The third-order valence-corrected chi connectivity index (χ3v) is 1.98. The molecule has 0 fully saturated rings. The second-order valence-corrected chi connectivity index (χ2v) is 2.96. The average Bonchev–Trinajstić information content (AvgIpc) is 2.15. The van der Waals surface area contributed by atoms with Crippen molar-refractivity contribution in [3.8, 4) is 5.75 Å². The Hall–Kier alpha value is -1.10. The number of ether oxygens (including phenoxy) is 1. The Kier molecular flexibility index (Phi) is 3.34. The van der Waals surface area contributed by atoms with Crippen LogP contribution in [0.2, 0.25) is 0 Å². The molecule has 0 saturated carbocycles.